The van der Waals surface area contributed by atoms with Gasteiger partial charge in [-0.05, 0) is 25.7 Å². The van der Waals surface area contributed by atoms with E-state index in [1.165, 1.54) is 0 Å². The van der Waals surface area contributed by atoms with Crippen molar-refractivity contribution < 1.29 is 65.8 Å². The van der Waals surface area contributed by atoms with Crippen molar-refractivity contribution in [3.05, 3.63) is 0 Å². The van der Waals surface area contributed by atoms with E-state index in [4.69, 9.17) is 10.2 Å². The van der Waals surface area contributed by atoms with Crippen LogP contribution in [0.5, 0.6) is 0 Å². The van der Waals surface area contributed by atoms with Gasteiger partial charge in [0.2, 0.25) is 0 Å². The number of ketones is 2. The van der Waals surface area contributed by atoms with Crippen LogP contribution in [-0.2, 0) is 45.4 Å². The Hall–Kier alpha value is -0.917. The van der Waals surface area contributed by atoms with Crippen LogP contribution >= 0.6 is 0 Å². The molecule has 0 rings (SSSR count). The van der Waals surface area contributed by atoms with E-state index in [9.17, 15) is 29.4 Å². The fourth-order valence-corrected chi connectivity index (χ4v) is 1.56. The van der Waals surface area contributed by atoms with Gasteiger partial charge in [-0.15, -0.1) is 0 Å². The Morgan fingerprint density at radius 3 is 0.968 bits per heavy atom. The van der Waals surface area contributed by atoms with Crippen LogP contribution in [0.25, 0.3) is 0 Å². The molecule has 0 fully saturated rings. The van der Waals surface area contributed by atoms with E-state index < -0.39 is 24.8 Å². The van der Waals surface area contributed by atoms with Gasteiger partial charge in [0.15, 0.2) is 0 Å². The van der Waals surface area contributed by atoms with Crippen molar-refractivity contribution in [2.75, 3.05) is 13.2 Å². The summed E-state index contributed by atoms with van der Waals surface area (Å²) >= 11 is 0. The average molecular weight is 526 g/mol. The summed E-state index contributed by atoms with van der Waals surface area (Å²) < 4.78 is 0. The Balaban J connectivity index is -0.000000101. The topological polar surface area (TPSA) is 155 Å². The molecule has 31 heavy (non-hydrogen) atoms. The number of aliphatic hydroxyl groups is 2. The smallest absolute Gasteiger partial charge is 0.550 e. The minimum atomic E-state index is -1.28. The summed E-state index contributed by atoms with van der Waals surface area (Å²) in [5.41, 5.74) is 0. The largest absolute Gasteiger partial charge is 2.00 e. The average Bonchev–Trinajstić information content (AvgIpc) is 2.66. The maximum absolute atomic E-state index is 10.6. The molecule has 0 saturated heterocycles. The number of hydrogen-bond donors (Lipinski definition) is 2. The number of carbonyl (C=O) groups is 4. The predicted molar refractivity (Wildman–Crippen MR) is 112 cm³/mol. The first-order valence-electron chi connectivity index (χ1n) is 10.8. The molecule has 0 atom stereocenters. The zero-order valence-electron chi connectivity index (χ0n) is 19.7. The molecule has 0 aliphatic rings. The summed E-state index contributed by atoms with van der Waals surface area (Å²) in [7, 11) is 0. The van der Waals surface area contributed by atoms with Crippen molar-refractivity contribution >= 4 is 23.5 Å². The number of unbranched alkanes of at least 4 members (excludes halogenated alkanes) is 4. The van der Waals surface area contributed by atoms with Gasteiger partial charge in [0, 0.05) is 50.8 Å². The first kappa shape index (κ1) is 40.4. The summed E-state index contributed by atoms with van der Waals surface area (Å²) in [6.45, 7) is 8.69. The third-order valence-corrected chi connectivity index (χ3v) is 3.32. The molecular formula is C22H42O8Zr. The molecule has 9 heteroatoms. The van der Waals surface area contributed by atoms with Crippen LogP contribution in [-0.4, -0.2) is 46.9 Å². The molecule has 0 unspecified atom stereocenters. The molecule has 0 heterocycles. The molecule has 0 saturated carbocycles. The predicted octanol–water partition coefficient (Wildman–Crippen LogP) is 1.33. The van der Waals surface area contributed by atoms with Gasteiger partial charge in [-0.25, -0.2) is 0 Å². The van der Waals surface area contributed by atoms with Gasteiger partial charge in [-0.1, -0.05) is 53.4 Å². The van der Waals surface area contributed by atoms with Crippen LogP contribution in [0.4, 0.5) is 0 Å². The van der Waals surface area contributed by atoms with Crippen LogP contribution in [0, 0.1) is 0 Å². The number of aliphatic carboxylic acids is 2. The number of rotatable bonds is 14. The molecule has 0 radical (unpaired) electrons. The van der Waals surface area contributed by atoms with E-state index in [1.54, 1.807) is 0 Å². The SMILES string of the molecule is CCCCC(=O)CC(=O)[O-].CCCCC(=O)CC(=O)[O-].CCCCO.CCCCO.[Zr+2]. The summed E-state index contributed by atoms with van der Waals surface area (Å²) in [6, 6.07) is 0. The Labute approximate surface area is 206 Å². The normalized spacial score (nSPS) is 8.71. The maximum atomic E-state index is 10.6. The summed E-state index contributed by atoms with van der Waals surface area (Å²) in [5, 5.41) is 35.8. The van der Waals surface area contributed by atoms with Crippen molar-refractivity contribution in [2.45, 2.75) is 105 Å². The molecular weight excluding hydrogens is 483 g/mol. The molecule has 2 N–H and O–H groups in total. The molecule has 8 nitrogen and oxygen atoms in total. The summed E-state index contributed by atoms with van der Waals surface area (Å²) in [4.78, 5) is 40.9. The van der Waals surface area contributed by atoms with Gasteiger partial charge in [0.05, 0.1) is 0 Å². The number of aliphatic hydroxyl groups excluding tert-OH is 2. The van der Waals surface area contributed by atoms with Gasteiger partial charge in [0.25, 0.3) is 0 Å². The van der Waals surface area contributed by atoms with Crippen molar-refractivity contribution in [1.29, 1.82) is 0 Å². The third-order valence-electron chi connectivity index (χ3n) is 3.32. The molecule has 0 aromatic carbocycles. The minimum Gasteiger partial charge on any atom is -0.550 e. The number of hydrogen-bond acceptors (Lipinski definition) is 8. The van der Waals surface area contributed by atoms with Crippen molar-refractivity contribution in [3.8, 4) is 0 Å². The standard InChI is InChI=1S/2C7H12O3.2C4H10O.Zr/c2*1-2-3-4-6(8)5-7(9)10;2*1-2-3-4-5;/h2*2-5H2,1H3,(H,9,10);2*5H,2-4H2,1H3;/q;;;;+2/p-2. The number of Topliss-reactive ketones (excluding diaryl/α,β-unsaturated/α-hetero) is 2. The minimum absolute atomic E-state index is 0. The zero-order chi connectivity index (χ0) is 24.2. The molecule has 0 spiro atoms. The van der Waals surface area contributed by atoms with Gasteiger partial charge in [0.1, 0.15) is 11.6 Å². The van der Waals surface area contributed by atoms with Crippen LogP contribution < -0.4 is 10.2 Å². The second-order valence-corrected chi connectivity index (χ2v) is 6.54. The molecule has 0 aliphatic heterocycles. The second kappa shape index (κ2) is 36.5. The van der Waals surface area contributed by atoms with Crippen molar-refractivity contribution in [1.82, 2.24) is 0 Å². The zero-order valence-corrected chi connectivity index (χ0v) is 22.2. The molecule has 182 valence electrons. The Kier molecular flexibility index (Phi) is 47.6. The van der Waals surface area contributed by atoms with Crippen LogP contribution in [0.1, 0.15) is 105 Å². The fourth-order valence-electron chi connectivity index (χ4n) is 1.56. The van der Waals surface area contributed by atoms with E-state index >= 15 is 0 Å². The first-order chi connectivity index (χ1) is 14.2. The number of carbonyl (C=O) groups excluding carboxylic acids is 4. The van der Waals surface area contributed by atoms with Crippen LogP contribution in [0.2, 0.25) is 0 Å². The molecule has 0 bridgehead atoms. The Morgan fingerprint density at radius 1 is 0.581 bits per heavy atom. The molecule has 0 aliphatic carbocycles. The van der Waals surface area contributed by atoms with E-state index in [1.807, 2.05) is 13.8 Å². The van der Waals surface area contributed by atoms with E-state index in [0.29, 0.717) is 26.1 Å². The van der Waals surface area contributed by atoms with Crippen molar-refractivity contribution in [3.63, 3.8) is 0 Å². The fraction of sp³-hybridized carbons (Fsp3) is 0.818. The van der Waals surface area contributed by atoms with Gasteiger partial charge in [-0.2, -0.15) is 0 Å². The monoisotopic (exact) mass is 524 g/mol. The number of carboxylic acid groups (broad SMARTS) is 2. The third kappa shape index (κ3) is 58.6. The second-order valence-electron chi connectivity index (χ2n) is 6.54. The Bertz CT molecular complexity index is 372. The van der Waals surface area contributed by atoms with Gasteiger partial charge < -0.3 is 30.0 Å². The van der Waals surface area contributed by atoms with Crippen LogP contribution in [0.3, 0.4) is 0 Å². The number of carboxylic acids is 2. The summed E-state index contributed by atoms with van der Waals surface area (Å²) in [6.07, 6.45) is 7.32. The van der Waals surface area contributed by atoms with Gasteiger partial charge >= 0.3 is 26.2 Å². The first-order valence-corrected chi connectivity index (χ1v) is 10.8. The van der Waals surface area contributed by atoms with E-state index in [-0.39, 0.29) is 37.8 Å². The molecule has 0 aromatic rings. The molecule has 0 amide bonds. The maximum Gasteiger partial charge on any atom is 2.00 e. The summed E-state index contributed by atoms with van der Waals surface area (Å²) in [5.74, 6) is -3.02. The quantitative estimate of drug-likeness (QED) is 0.322. The van der Waals surface area contributed by atoms with E-state index in [0.717, 1.165) is 51.4 Å². The van der Waals surface area contributed by atoms with Gasteiger partial charge in [-0.3, -0.25) is 9.59 Å². The van der Waals surface area contributed by atoms with Crippen LogP contribution in [0.15, 0.2) is 0 Å². The van der Waals surface area contributed by atoms with Crippen molar-refractivity contribution in [2.24, 2.45) is 0 Å². The van der Waals surface area contributed by atoms with E-state index in [2.05, 4.69) is 13.8 Å². The molecule has 0 aromatic heterocycles. The Morgan fingerprint density at radius 2 is 0.839 bits per heavy atom.